The summed E-state index contributed by atoms with van der Waals surface area (Å²) in [5.41, 5.74) is 5.77. The van der Waals surface area contributed by atoms with Crippen LogP contribution in [0.1, 0.15) is 59.2 Å². The number of hydrogen-bond donors (Lipinski definition) is 2. The minimum absolute atomic E-state index is 0.128. The van der Waals surface area contributed by atoms with Crippen LogP contribution in [0.2, 0.25) is 0 Å². The number of anilines is 1. The number of imidazole rings is 1. The summed E-state index contributed by atoms with van der Waals surface area (Å²) < 4.78 is 0. The normalized spacial score (nSPS) is 19.5. The fourth-order valence-electron chi connectivity index (χ4n) is 4.32. The first kappa shape index (κ1) is 24.2. The molecule has 0 aliphatic heterocycles. The van der Waals surface area contributed by atoms with Gasteiger partial charge in [0.25, 0.3) is 0 Å². The molecule has 0 radical (unpaired) electrons. The molecule has 2 N–H and O–H groups in total. The number of hydrogen-bond acceptors (Lipinski definition) is 2. The molecular weight excluding hydrogens is 406 g/mol. The highest BCUT2D eigenvalue weighted by molar-refractivity contribution is 5.99. The van der Waals surface area contributed by atoms with Gasteiger partial charge in [0, 0.05) is 30.1 Å². The van der Waals surface area contributed by atoms with Gasteiger partial charge in [-0.15, -0.1) is 0 Å². The van der Waals surface area contributed by atoms with Gasteiger partial charge in [0.05, 0.1) is 0 Å². The van der Waals surface area contributed by atoms with Crippen molar-refractivity contribution in [2.45, 2.75) is 53.4 Å². The van der Waals surface area contributed by atoms with Crippen molar-refractivity contribution in [1.82, 2.24) is 9.97 Å². The Morgan fingerprint density at radius 2 is 1.91 bits per heavy atom. The van der Waals surface area contributed by atoms with E-state index in [0.717, 1.165) is 35.5 Å². The topological polar surface area (TPSA) is 57.8 Å². The second-order valence-corrected chi connectivity index (χ2v) is 9.39. The molecule has 1 atom stereocenters. The summed E-state index contributed by atoms with van der Waals surface area (Å²) >= 11 is 0. The molecule has 1 aromatic carbocycles. The SMILES string of the molecule is CC(C=CC1=C(C)C(c2ncc[nH]2)CCC1(C)C)=CC=CC(C)=CC(=O)Nc1ccccc1. The zero-order valence-corrected chi connectivity index (χ0v) is 20.4. The average molecular weight is 442 g/mol. The molecule has 4 nitrogen and oxygen atoms in total. The summed E-state index contributed by atoms with van der Waals surface area (Å²) in [6.45, 7) is 10.9. The van der Waals surface area contributed by atoms with Crippen LogP contribution in [0.5, 0.6) is 0 Å². The predicted octanol–water partition coefficient (Wildman–Crippen LogP) is 7.27. The van der Waals surface area contributed by atoms with Crippen LogP contribution in [0.3, 0.4) is 0 Å². The fourth-order valence-corrected chi connectivity index (χ4v) is 4.32. The number of carbonyl (C=O) groups is 1. The average Bonchev–Trinajstić information content (AvgIpc) is 3.28. The van der Waals surface area contributed by atoms with Gasteiger partial charge < -0.3 is 10.3 Å². The number of rotatable bonds is 7. The standard InChI is InChI=1S/C29H35N3O/c1-21(10-9-11-22(2)20-27(33)32-24-12-7-6-8-13-24)14-15-26-23(3)25(16-17-29(26,4)5)28-30-18-19-31-28/h6-15,18-20,25H,16-17H2,1-5H3,(H,30,31)(H,32,33). The number of amides is 1. The zero-order valence-electron chi connectivity index (χ0n) is 20.4. The number of H-pyrrole nitrogens is 1. The molecule has 1 heterocycles. The fraction of sp³-hybridized carbons (Fsp3) is 0.310. The summed E-state index contributed by atoms with van der Waals surface area (Å²) in [6.07, 6.45) is 18.0. The summed E-state index contributed by atoms with van der Waals surface area (Å²) in [4.78, 5) is 19.9. The summed E-state index contributed by atoms with van der Waals surface area (Å²) in [5, 5.41) is 2.87. The molecule has 1 amide bonds. The van der Waals surface area contributed by atoms with Gasteiger partial charge >= 0.3 is 0 Å². The van der Waals surface area contributed by atoms with Gasteiger partial charge in [-0.05, 0) is 62.3 Å². The summed E-state index contributed by atoms with van der Waals surface area (Å²) in [7, 11) is 0. The lowest BCUT2D eigenvalue weighted by molar-refractivity contribution is -0.111. The van der Waals surface area contributed by atoms with Gasteiger partial charge in [-0.1, -0.05) is 73.6 Å². The molecule has 172 valence electrons. The molecule has 0 spiro atoms. The van der Waals surface area contributed by atoms with Gasteiger partial charge in [0.2, 0.25) is 5.91 Å². The smallest absolute Gasteiger partial charge is 0.248 e. The zero-order chi connectivity index (χ0) is 23.8. The second kappa shape index (κ2) is 11.0. The number of aromatic nitrogens is 2. The highest BCUT2D eigenvalue weighted by Crippen LogP contribution is 2.46. The van der Waals surface area contributed by atoms with Crippen LogP contribution in [0.15, 0.2) is 101 Å². The van der Waals surface area contributed by atoms with E-state index in [1.807, 2.05) is 61.8 Å². The van der Waals surface area contributed by atoms with Crippen LogP contribution < -0.4 is 5.32 Å². The molecule has 0 saturated carbocycles. The van der Waals surface area contributed by atoms with Crippen LogP contribution in [0.25, 0.3) is 0 Å². The van der Waals surface area contributed by atoms with Crippen LogP contribution in [-0.2, 0) is 4.79 Å². The van der Waals surface area contributed by atoms with Crippen LogP contribution in [0.4, 0.5) is 5.69 Å². The first-order valence-corrected chi connectivity index (χ1v) is 11.5. The van der Waals surface area contributed by atoms with Crippen LogP contribution in [0, 0.1) is 5.41 Å². The number of allylic oxidation sites excluding steroid dienone is 9. The molecule has 1 aromatic heterocycles. The van der Waals surface area contributed by atoms with Crippen LogP contribution >= 0.6 is 0 Å². The van der Waals surface area contributed by atoms with Crippen molar-refractivity contribution in [3.05, 3.63) is 107 Å². The third kappa shape index (κ3) is 6.79. The van der Waals surface area contributed by atoms with E-state index in [2.05, 4.69) is 61.2 Å². The molecule has 0 bridgehead atoms. The number of nitrogens with zero attached hydrogens (tertiary/aromatic N) is 1. The van der Waals surface area contributed by atoms with Crippen molar-refractivity contribution >= 4 is 11.6 Å². The number of carbonyl (C=O) groups excluding carboxylic acids is 1. The van der Waals surface area contributed by atoms with Crippen molar-refractivity contribution in [3.63, 3.8) is 0 Å². The summed E-state index contributed by atoms with van der Waals surface area (Å²) in [6, 6.07) is 9.47. The van der Waals surface area contributed by atoms with Crippen molar-refractivity contribution < 1.29 is 4.79 Å². The monoisotopic (exact) mass is 441 g/mol. The lowest BCUT2D eigenvalue weighted by atomic mass is 9.68. The van der Waals surface area contributed by atoms with Gasteiger partial charge in [-0.3, -0.25) is 4.79 Å². The van der Waals surface area contributed by atoms with E-state index in [4.69, 9.17) is 0 Å². The van der Waals surface area contributed by atoms with Crippen molar-refractivity contribution in [2.75, 3.05) is 5.32 Å². The Morgan fingerprint density at radius 3 is 2.61 bits per heavy atom. The van der Waals surface area contributed by atoms with E-state index >= 15 is 0 Å². The molecule has 3 rings (SSSR count). The van der Waals surface area contributed by atoms with E-state index in [9.17, 15) is 4.79 Å². The Bertz CT molecular complexity index is 1100. The van der Waals surface area contributed by atoms with Crippen molar-refractivity contribution in [3.8, 4) is 0 Å². The van der Waals surface area contributed by atoms with E-state index in [0.29, 0.717) is 5.92 Å². The van der Waals surface area contributed by atoms with E-state index < -0.39 is 0 Å². The number of benzene rings is 1. The molecule has 33 heavy (non-hydrogen) atoms. The summed E-state index contributed by atoms with van der Waals surface area (Å²) in [5.74, 6) is 1.28. The second-order valence-electron chi connectivity index (χ2n) is 9.39. The van der Waals surface area contributed by atoms with E-state index in [1.54, 1.807) is 6.08 Å². The maximum Gasteiger partial charge on any atom is 0.248 e. The quantitative estimate of drug-likeness (QED) is 0.350. The third-order valence-corrected chi connectivity index (χ3v) is 6.22. The molecular formula is C29H35N3O. The highest BCUT2D eigenvalue weighted by atomic mass is 16.1. The number of aromatic amines is 1. The maximum atomic E-state index is 12.1. The first-order chi connectivity index (χ1) is 15.8. The minimum Gasteiger partial charge on any atom is -0.348 e. The van der Waals surface area contributed by atoms with Gasteiger partial charge in [-0.2, -0.15) is 0 Å². The molecule has 0 fully saturated rings. The Labute approximate surface area is 197 Å². The largest absolute Gasteiger partial charge is 0.348 e. The Hall–Kier alpha value is -3.40. The third-order valence-electron chi connectivity index (χ3n) is 6.22. The number of para-hydroxylation sites is 1. The van der Waals surface area contributed by atoms with Gasteiger partial charge in [0.1, 0.15) is 5.82 Å². The Morgan fingerprint density at radius 1 is 1.15 bits per heavy atom. The predicted molar refractivity (Wildman–Crippen MR) is 138 cm³/mol. The molecule has 4 heteroatoms. The van der Waals surface area contributed by atoms with Gasteiger partial charge in [0.15, 0.2) is 0 Å². The molecule has 0 saturated heterocycles. The molecule has 1 aliphatic rings. The van der Waals surface area contributed by atoms with Crippen molar-refractivity contribution in [1.29, 1.82) is 0 Å². The lowest BCUT2D eigenvalue weighted by Crippen LogP contribution is -2.24. The lowest BCUT2D eigenvalue weighted by Gasteiger charge is -2.36. The van der Waals surface area contributed by atoms with E-state index in [1.165, 1.54) is 11.1 Å². The maximum absolute atomic E-state index is 12.1. The number of nitrogens with one attached hydrogen (secondary N) is 2. The van der Waals surface area contributed by atoms with E-state index in [-0.39, 0.29) is 11.3 Å². The van der Waals surface area contributed by atoms with Crippen LogP contribution in [-0.4, -0.2) is 15.9 Å². The minimum atomic E-state index is -0.128. The van der Waals surface area contributed by atoms with Crippen molar-refractivity contribution in [2.24, 2.45) is 5.41 Å². The Balaban J connectivity index is 1.66. The van der Waals surface area contributed by atoms with Gasteiger partial charge in [-0.25, -0.2) is 4.98 Å². The Kier molecular flexibility index (Phi) is 8.05. The molecule has 1 unspecified atom stereocenters. The molecule has 2 aromatic rings. The molecule has 1 aliphatic carbocycles. The highest BCUT2D eigenvalue weighted by Gasteiger charge is 2.33. The first-order valence-electron chi connectivity index (χ1n) is 11.5.